The summed E-state index contributed by atoms with van der Waals surface area (Å²) in [5, 5.41) is 11.7. The van der Waals surface area contributed by atoms with Crippen molar-refractivity contribution >= 4 is 11.5 Å². The van der Waals surface area contributed by atoms with E-state index in [9.17, 15) is 0 Å². The molecule has 0 saturated carbocycles. The number of aryl methyl sites for hydroxylation is 3. The molecule has 2 heterocycles. The standard InChI is InChI=1S/C10H17N7/c1-7-9(11)10(17(3)14-7)12-5-4-8-13-6-16(2)15-8/h6,12H,4-5,11H2,1-3H3. The van der Waals surface area contributed by atoms with E-state index in [4.69, 9.17) is 5.73 Å². The maximum atomic E-state index is 5.91. The van der Waals surface area contributed by atoms with Crippen molar-refractivity contribution in [3.63, 3.8) is 0 Å². The molecule has 7 heteroatoms. The minimum Gasteiger partial charge on any atom is -0.394 e. The van der Waals surface area contributed by atoms with Gasteiger partial charge in [-0.3, -0.25) is 9.36 Å². The molecular weight excluding hydrogens is 218 g/mol. The van der Waals surface area contributed by atoms with Crippen LogP contribution in [-0.4, -0.2) is 31.1 Å². The number of hydrogen-bond donors (Lipinski definition) is 2. The highest BCUT2D eigenvalue weighted by molar-refractivity contribution is 5.64. The summed E-state index contributed by atoms with van der Waals surface area (Å²) in [4.78, 5) is 4.16. The smallest absolute Gasteiger partial charge is 0.152 e. The Morgan fingerprint density at radius 2 is 2.12 bits per heavy atom. The molecule has 0 atom stereocenters. The van der Waals surface area contributed by atoms with Gasteiger partial charge in [-0.2, -0.15) is 10.2 Å². The lowest BCUT2D eigenvalue weighted by atomic mass is 10.3. The van der Waals surface area contributed by atoms with E-state index >= 15 is 0 Å². The third-order valence-corrected chi connectivity index (χ3v) is 2.56. The number of hydrogen-bond acceptors (Lipinski definition) is 5. The van der Waals surface area contributed by atoms with Crippen LogP contribution in [0.2, 0.25) is 0 Å². The predicted octanol–water partition coefficient (Wildman–Crippen LogP) is 0.0938. The first-order valence-electron chi connectivity index (χ1n) is 5.45. The number of aromatic nitrogens is 5. The molecule has 0 amide bonds. The maximum Gasteiger partial charge on any atom is 0.152 e. The Morgan fingerprint density at radius 3 is 2.65 bits per heavy atom. The highest BCUT2D eigenvalue weighted by Crippen LogP contribution is 2.20. The first kappa shape index (κ1) is 11.4. The lowest BCUT2D eigenvalue weighted by Gasteiger charge is -2.05. The fourth-order valence-electron chi connectivity index (χ4n) is 1.68. The molecule has 0 bridgehead atoms. The van der Waals surface area contributed by atoms with Crippen molar-refractivity contribution < 1.29 is 0 Å². The Hall–Kier alpha value is -2.05. The summed E-state index contributed by atoms with van der Waals surface area (Å²) >= 11 is 0. The van der Waals surface area contributed by atoms with Crippen molar-refractivity contribution in [3.8, 4) is 0 Å². The molecule has 2 aromatic heterocycles. The SMILES string of the molecule is Cc1nn(C)c(NCCc2ncn(C)n2)c1N. The molecule has 0 radical (unpaired) electrons. The molecule has 0 saturated heterocycles. The number of rotatable bonds is 4. The highest BCUT2D eigenvalue weighted by Gasteiger charge is 2.09. The molecule has 3 N–H and O–H groups in total. The number of nitrogen functional groups attached to an aromatic ring is 1. The van der Waals surface area contributed by atoms with E-state index in [1.807, 2.05) is 21.0 Å². The van der Waals surface area contributed by atoms with Crippen LogP contribution in [-0.2, 0) is 20.5 Å². The highest BCUT2D eigenvalue weighted by atomic mass is 15.3. The molecule has 0 aliphatic carbocycles. The first-order chi connectivity index (χ1) is 8.08. The zero-order valence-electron chi connectivity index (χ0n) is 10.3. The molecule has 0 aliphatic rings. The molecule has 0 spiro atoms. The van der Waals surface area contributed by atoms with Crippen LogP contribution in [0.3, 0.4) is 0 Å². The minimum atomic E-state index is 0.696. The van der Waals surface area contributed by atoms with Gasteiger partial charge in [-0.25, -0.2) is 4.98 Å². The van der Waals surface area contributed by atoms with Crippen LogP contribution >= 0.6 is 0 Å². The quantitative estimate of drug-likeness (QED) is 0.784. The van der Waals surface area contributed by atoms with Gasteiger partial charge in [0.1, 0.15) is 12.1 Å². The normalized spacial score (nSPS) is 10.8. The molecule has 7 nitrogen and oxygen atoms in total. The van der Waals surface area contributed by atoms with Gasteiger partial charge in [0.15, 0.2) is 5.82 Å². The van der Waals surface area contributed by atoms with Gasteiger partial charge in [0, 0.05) is 27.1 Å². The Kier molecular flexibility index (Phi) is 2.99. The Balaban J connectivity index is 1.94. The van der Waals surface area contributed by atoms with Crippen molar-refractivity contribution in [2.75, 3.05) is 17.6 Å². The van der Waals surface area contributed by atoms with E-state index in [0.29, 0.717) is 5.69 Å². The second kappa shape index (κ2) is 4.44. The number of anilines is 2. The lowest BCUT2D eigenvalue weighted by Crippen LogP contribution is -2.10. The van der Waals surface area contributed by atoms with E-state index in [2.05, 4.69) is 20.5 Å². The minimum absolute atomic E-state index is 0.696. The number of nitrogens with two attached hydrogens (primary N) is 1. The van der Waals surface area contributed by atoms with E-state index in [0.717, 1.165) is 30.3 Å². The van der Waals surface area contributed by atoms with Crippen molar-refractivity contribution in [1.29, 1.82) is 0 Å². The Labute approximate surface area is 99.6 Å². The average molecular weight is 235 g/mol. The first-order valence-corrected chi connectivity index (χ1v) is 5.45. The monoisotopic (exact) mass is 235 g/mol. The molecule has 0 aliphatic heterocycles. The molecule has 92 valence electrons. The van der Waals surface area contributed by atoms with Gasteiger partial charge >= 0.3 is 0 Å². The van der Waals surface area contributed by atoms with Gasteiger partial charge in [-0.15, -0.1) is 0 Å². The van der Waals surface area contributed by atoms with Crippen LogP contribution < -0.4 is 11.1 Å². The molecular formula is C10H17N7. The van der Waals surface area contributed by atoms with Crippen LogP contribution in [0.1, 0.15) is 11.5 Å². The molecule has 0 fully saturated rings. The third kappa shape index (κ3) is 2.38. The zero-order chi connectivity index (χ0) is 12.4. The van der Waals surface area contributed by atoms with Gasteiger partial charge in [0.25, 0.3) is 0 Å². The summed E-state index contributed by atoms with van der Waals surface area (Å²) in [5.41, 5.74) is 7.44. The van der Waals surface area contributed by atoms with Crippen molar-refractivity contribution in [1.82, 2.24) is 24.5 Å². The van der Waals surface area contributed by atoms with Crippen LogP contribution in [0.25, 0.3) is 0 Å². The van der Waals surface area contributed by atoms with Crippen molar-refractivity contribution in [2.24, 2.45) is 14.1 Å². The summed E-state index contributed by atoms with van der Waals surface area (Å²) in [6.07, 6.45) is 2.45. The Bertz CT molecular complexity index is 511. The van der Waals surface area contributed by atoms with Gasteiger partial charge in [0.2, 0.25) is 0 Å². The third-order valence-electron chi connectivity index (χ3n) is 2.56. The van der Waals surface area contributed by atoms with E-state index < -0.39 is 0 Å². The van der Waals surface area contributed by atoms with Crippen molar-refractivity contribution in [2.45, 2.75) is 13.3 Å². The Morgan fingerprint density at radius 1 is 1.35 bits per heavy atom. The largest absolute Gasteiger partial charge is 0.394 e. The lowest BCUT2D eigenvalue weighted by molar-refractivity contribution is 0.735. The predicted molar refractivity (Wildman–Crippen MR) is 65.6 cm³/mol. The fraction of sp³-hybridized carbons (Fsp3) is 0.500. The molecule has 0 aromatic carbocycles. The van der Waals surface area contributed by atoms with E-state index in [1.54, 1.807) is 15.7 Å². The number of nitrogens with zero attached hydrogens (tertiary/aromatic N) is 5. The van der Waals surface area contributed by atoms with Crippen LogP contribution in [0.15, 0.2) is 6.33 Å². The fourth-order valence-corrected chi connectivity index (χ4v) is 1.68. The van der Waals surface area contributed by atoms with Gasteiger partial charge < -0.3 is 11.1 Å². The second-order valence-electron chi connectivity index (χ2n) is 3.98. The second-order valence-corrected chi connectivity index (χ2v) is 3.98. The topological polar surface area (TPSA) is 86.6 Å². The molecule has 2 rings (SSSR count). The average Bonchev–Trinajstić information content (AvgIpc) is 2.78. The maximum absolute atomic E-state index is 5.91. The van der Waals surface area contributed by atoms with Crippen molar-refractivity contribution in [3.05, 3.63) is 17.8 Å². The summed E-state index contributed by atoms with van der Waals surface area (Å²) in [5.74, 6) is 1.66. The summed E-state index contributed by atoms with van der Waals surface area (Å²) < 4.78 is 3.44. The van der Waals surface area contributed by atoms with Gasteiger partial charge in [0.05, 0.1) is 11.4 Å². The number of nitrogens with one attached hydrogen (secondary N) is 1. The summed E-state index contributed by atoms with van der Waals surface area (Å²) in [6, 6.07) is 0. The van der Waals surface area contributed by atoms with Crippen LogP contribution in [0, 0.1) is 6.92 Å². The van der Waals surface area contributed by atoms with Crippen LogP contribution in [0.4, 0.5) is 11.5 Å². The molecule has 17 heavy (non-hydrogen) atoms. The zero-order valence-corrected chi connectivity index (χ0v) is 10.3. The molecule has 2 aromatic rings. The van der Waals surface area contributed by atoms with E-state index in [1.165, 1.54) is 0 Å². The summed E-state index contributed by atoms with van der Waals surface area (Å²) in [7, 11) is 3.72. The van der Waals surface area contributed by atoms with E-state index in [-0.39, 0.29) is 0 Å². The van der Waals surface area contributed by atoms with Gasteiger partial charge in [-0.1, -0.05) is 0 Å². The van der Waals surface area contributed by atoms with Gasteiger partial charge in [-0.05, 0) is 6.92 Å². The molecule has 0 unspecified atom stereocenters. The van der Waals surface area contributed by atoms with Crippen LogP contribution in [0.5, 0.6) is 0 Å². The summed E-state index contributed by atoms with van der Waals surface area (Å²) in [6.45, 7) is 2.62.